The van der Waals surface area contributed by atoms with Crippen molar-refractivity contribution < 1.29 is 37.0 Å². The van der Waals surface area contributed by atoms with Crippen LogP contribution in [0.5, 0.6) is 5.75 Å². The average molecular weight is 504 g/mol. The van der Waals surface area contributed by atoms with Gasteiger partial charge in [0.2, 0.25) is 0 Å². The Labute approximate surface area is 197 Å². The maximum atomic E-state index is 13.4. The highest BCUT2D eigenvalue weighted by Gasteiger charge is 2.32. The number of nitrogens with one attached hydrogen (secondary N) is 2. The number of rotatable bonds is 11. The second kappa shape index (κ2) is 11.8. The molecule has 0 aliphatic rings. The molecule has 0 aliphatic heterocycles. The van der Waals surface area contributed by atoms with Crippen molar-refractivity contribution in [3.05, 3.63) is 71.3 Å². The van der Waals surface area contributed by atoms with Gasteiger partial charge in [0.25, 0.3) is 11.8 Å². The number of aromatic nitrogens is 1. The number of alkyl halides is 3. The Morgan fingerprint density at radius 2 is 1.94 bits per heavy atom. The summed E-state index contributed by atoms with van der Waals surface area (Å²) in [6, 6.07) is 5.69. The monoisotopic (exact) mass is 503 g/mol. The number of aliphatic hydroxyl groups is 1. The molecule has 12 heteroatoms. The smallest absolute Gasteiger partial charge is 0.417 e. The number of carbonyl (C=O) groups excluding carboxylic acids is 2. The SMILES string of the molecule is C=CC(O)(CCCNC(=O)COc1ccc(Cl)c(F)c1)C(=O)NCc1ccc(C(F)(F)F)cn1. The van der Waals surface area contributed by atoms with Crippen molar-refractivity contribution in [3.63, 3.8) is 0 Å². The van der Waals surface area contributed by atoms with E-state index in [0.717, 1.165) is 24.3 Å². The van der Waals surface area contributed by atoms with Crippen LogP contribution in [0.3, 0.4) is 0 Å². The summed E-state index contributed by atoms with van der Waals surface area (Å²) in [5, 5.41) is 15.3. The van der Waals surface area contributed by atoms with Gasteiger partial charge in [0.15, 0.2) is 12.2 Å². The van der Waals surface area contributed by atoms with E-state index >= 15 is 0 Å². The highest BCUT2D eigenvalue weighted by atomic mass is 35.5. The van der Waals surface area contributed by atoms with Crippen LogP contribution in [0.4, 0.5) is 17.6 Å². The lowest BCUT2D eigenvalue weighted by Gasteiger charge is -2.23. The molecular formula is C22H22ClF4N3O4. The molecule has 1 aromatic heterocycles. The lowest BCUT2D eigenvalue weighted by atomic mass is 9.96. The Balaban J connectivity index is 1.74. The zero-order chi connectivity index (χ0) is 25.4. The first-order valence-corrected chi connectivity index (χ1v) is 10.3. The summed E-state index contributed by atoms with van der Waals surface area (Å²) in [6.07, 6.45) is -2.74. The number of hydrogen-bond donors (Lipinski definition) is 3. The summed E-state index contributed by atoms with van der Waals surface area (Å²) >= 11 is 5.56. The number of carbonyl (C=O) groups is 2. The number of nitrogens with zero attached hydrogens (tertiary/aromatic N) is 1. The first kappa shape index (κ1) is 27.1. The number of amides is 2. The lowest BCUT2D eigenvalue weighted by molar-refractivity contribution is -0.138. The molecule has 2 rings (SSSR count). The standard InChI is InChI=1S/C22H22ClF4N3O4/c1-2-21(33,20(32)30-12-15-5-4-14(11-29-15)22(25,26)27)8-3-9-28-19(31)13-34-16-6-7-17(23)18(24)10-16/h2,4-7,10-11,33H,1,3,8-9,12-13H2,(H,28,31)(H,30,32). The first-order chi connectivity index (χ1) is 15.9. The van der Waals surface area contributed by atoms with Crippen molar-refractivity contribution in [2.24, 2.45) is 0 Å². The van der Waals surface area contributed by atoms with Gasteiger partial charge in [-0.3, -0.25) is 14.6 Å². The minimum Gasteiger partial charge on any atom is -0.484 e. The van der Waals surface area contributed by atoms with Gasteiger partial charge in [0.1, 0.15) is 11.6 Å². The van der Waals surface area contributed by atoms with E-state index in [1.54, 1.807) is 0 Å². The summed E-state index contributed by atoms with van der Waals surface area (Å²) in [5.74, 6) is -1.88. The minimum atomic E-state index is -4.52. The highest BCUT2D eigenvalue weighted by molar-refractivity contribution is 6.30. The fourth-order valence-corrected chi connectivity index (χ4v) is 2.80. The zero-order valence-electron chi connectivity index (χ0n) is 17.8. The van der Waals surface area contributed by atoms with Crippen LogP contribution in [0.25, 0.3) is 0 Å². The molecule has 0 spiro atoms. The van der Waals surface area contributed by atoms with Gasteiger partial charge in [-0.05, 0) is 37.1 Å². The van der Waals surface area contributed by atoms with Crippen molar-refractivity contribution >= 4 is 23.4 Å². The Morgan fingerprint density at radius 1 is 1.21 bits per heavy atom. The largest absolute Gasteiger partial charge is 0.484 e. The molecule has 2 amide bonds. The van der Waals surface area contributed by atoms with E-state index in [-0.39, 0.29) is 49.0 Å². The molecule has 2 aromatic rings. The molecule has 0 radical (unpaired) electrons. The molecule has 0 aliphatic carbocycles. The average Bonchev–Trinajstić information content (AvgIpc) is 2.80. The highest BCUT2D eigenvalue weighted by Crippen LogP contribution is 2.28. The number of benzene rings is 1. The third-order valence-electron chi connectivity index (χ3n) is 4.63. The topological polar surface area (TPSA) is 101 Å². The van der Waals surface area contributed by atoms with Crippen molar-refractivity contribution in [1.82, 2.24) is 15.6 Å². The van der Waals surface area contributed by atoms with Crippen LogP contribution >= 0.6 is 11.6 Å². The van der Waals surface area contributed by atoms with Crippen molar-refractivity contribution in [1.29, 1.82) is 0 Å². The van der Waals surface area contributed by atoms with Crippen molar-refractivity contribution in [2.75, 3.05) is 13.2 Å². The lowest BCUT2D eigenvalue weighted by Crippen LogP contribution is -2.45. The van der Waals surface area contributed by atoms with Crippen molar-refractivity contribution in [3.8, 4) is 5.75 Å². The van der Waals surface area contributed by atoms with Crippen LogP contribution in [0, 0.1) is 5.82 Å². The van der Waals surface area contributed by atoms with E-state index < -0.39 is 35.0 Å². The van der Waals surface area contributed by atoms with E-state index in [9.17, 15) is 32.3 Å². The maximum Gasteiger partial charge on any atom is 0.417 e. The molecule has 7 nitrogen and oxygen atoms in total. The van der Waals surface area contributed by atoms with Crippen LogP contribution in [0.1, 0.15) is 24.1 Å². The van der Waals surface area contributed by atoms with Gasteiger partial charge in [0.05, 0.1) is 22.8 Å². The van der Waals surface area contributed by atoms with E-state index in [1.165, 1.54) is 12.1 Å². The molecule has 0 fully saturated rings. The Bertz CT molecular complexity index is 1020. The van der Waals surface area contributed by atoms with Crippen LogP contribution < -0.4 is 15.4 Å². The van der Waals surface area contributed by atoms with Crippen LogP contribution in [-0.2, 0) is 22.3 Å². The second-order valence-electron chi connectivity index (χ2n) is 7.17. The van der Waals surface area contributed by atoms with E-state index in [4.69, 9.17) is 16.3 Å². The Kier molecular flexibility index (Phi) is 9.39. The third kappa shape index (κ3) is 7.99. The second-order valence-corrected chi connectivity index (χ2v) is 7.57. The quantitative estimate of drug-likeness (QED) is 0.248. The van der Waals surface area contributed by atoms with E-state index in [2.05, 4.69) is 22.2 Å². The van der Waals surface area contributed by atoms with Crippen molar-refractivity contribution in [2.45, 2.75) is 31.2 Å². The molecule has 1 unspecified atom stereocenters. The first-order valence-electron chi connectivity index (χ1n) is 9.95. The van der Waals surface area contributed by atoms with Gasteiger partial charge in [0, 0.05) is 18.8 Å². The summed E-state index contributed by atoms with van der Waals surface area (Å²) in [4.78, 5) is 27.8. The van der Waals surface area contributed by atoms with E-state index in [0.29, 0.717) is 6.20 Å². The van der Waals surface area contributed by atoms with E-state index in [1.807, 2.05) is 0 Å². The number of ether oxygens (including phenoxy) is 1. The summed E-state index contributed by atoms with van der Waals surface area (Å²) in [5.41, 5.74) is -2.72. The fraction of sp³-hybridized carbons (Fsp3) is 0.318. The van der Waals surface area contributed by atoms with Gasteiger partial charge in [-0.1, -0.05) is 24.3 Å². The molecule has 1 heterocycles. The number of halogens is 5. The van der Waals surface area contributed by atoms with Gasteiger partial charge in [-0.15, -0.1) is 0 Å². The predicted molar refractivity (Wildman–Crippen MR) is 115 cm³/mol. The normalized spacial score (nSPS) is 13.0. The predicted octanol–water partition coefficient (Wildman–Crippen LogP) is 3.40. The third-order valence-corrected chi connectivity index (χ3v) is 4.94. The molecular weight excluding hydrogens is 482 g/mol. The maximum absolute atomic E-state index is 13.4. The Hall–Kier alpha value is -3.18. The minimum absolute atomic E-state index is 0.0776. The summed E-state index contributed by atoms with van der Waals surface area (Å²) in [7, 11) is 0. The fourth-order valence-electron chi connectivity index (χ4n) is 2.68. The number of pyridine rings is 1. The molecule has 0 bridgehead atoms. The number of hydrogen-bond acceptors (Lipinski definition) is 5. The van der Waals surface area contributed by atoms with Gasteiger partial charge in [-0.2, -0.15) is 13.2 Å². The molecule has 184 valence electrons. The summed E-state index contributed by atoms with van der Waals surface area (Å²) in [6.45, 7) is 2.95. The van der Waals surface area contributed by atoms with Crippen LogP contribution in [0.2, 0.25) is 5.02 Å². The Morgan fingerprint density at radius 3 is 2.53 bits per heavy atom. The molecule has 1 aromatic carbocycles. The van der Waals surface area contributed by atoms with Gasteiger partial charge < -0.3 is 20.5 Å². The van der Waals surface area contributed by atoms with Gasteiger partial charge in [-0.25, -0.2) is 4.39 Å². The van der Waals surface area contributed by atoms with Crippen LogP contribution in [0.15, 0.2) is 49.2 Å². The van der Waals surface area contributed by atoms with Gasteiger partial charge >= 0.3 is 6.18 Å². The molecule has 0 saturated heterocycles. The molecule has 3 N–H and O–H groups in total. The summed E-state index contributed by atoms with van der Waals surface area (Å²) < 4.78 is 56.2. The van der Waals surface area contributed by atoms with Crippen LogP contribution in [-0.4, -0.2) is 40.7 Å². The molecule has 0 saturated carbocycles. The zero-order valence-corrected chi connectivity index (χ0v) is 18.5. The molecule has 34 heavy (non-hydrogen) atoms. The molecule has 1 atom stereocenters.